The molecule has 1 fully saturated rings. The van der Waals surface area contributed by atoms with Crippen molar-refractivity contribution in [2.75, 3.05) is 13.2 Å². The van der Waals surface area contributed by atoms with Crippen molar-refractivity contribution in [3.8, 4) is 0 Å². The fourth-order valence-corrected chi connectivity index (χ4v) is 1.25. The molecule has 0 spiro atoms. The summed E-state index contributed by atoms with van der Waals surface area (Å²) in [4.78, 5) is 10.2. The minimum Gasteiger partial charge on any atom is -0.448 e. The number of primary amides is 1. The highest BCUT2D eigenvalue weighted by atomic mass is 16.5. The first kappa shape index (κ1) is 8.33. The van der Waals surface area contributed by atoms with Crippen LogP contribution in [0.25, 0.3) is 0 Å². The Morgan fingerprint density at radius 1 is 1.64 bits per heavy atom. The summed E-state index contributed by atoms with van der Waals surface area (Å²) in [5, 5.41) is 3.24. The van der Waals surface area contributed by atoms with Gasteiger partial charge in [0.15, 0.2) is 0 Å². The smallest absolute Gasteiger partial charge is 0.404 e. The van der Waals surface area contributed by atoms with E-state index in [9.17, 15) is 4.79 Å². The van der Waals surface area contributed by atoms with Crippen molar-refractivity contribution in [3.63, 3.8) is 0 Å². The molecule has 0 aliphatic carbocycles. The van der Waals surface area contributed by atoms with E-state index in [2.05, 4.69) is 10.1 Å². The summed E-state index contributed by atoms with van der Waals surface area (Å²) in [6.45, 7) is 1.43. The molecule has 1 saturated heterocycles. The van der Waals surface area contributed by atoms with Crippen LogP contribution in [0.4, 0.5) is 4.79 Å². The predicted octanol–water partition coefficient (Wildman–Crippen LogP) is 0.224. The van der Waals surface area contributed by atoms with Gasteiger partial charge in [-0.15, -0.1) is 0 Å². The molecule has 64 valence electrons. The third-order valence-corrected chi connectivity index (χ3v) is 1.84. The Morgan fingerprint density at radius 2 is 2.45 bits per heavy atom. The topological polar surface area (TPSA) is 64.4 Å². The van der Waals surface area contributed by atoms with Gasteiger partial charge < -0.3 is 15.8 Å². The van der Waals surface area contributed by atoms with Gasteiger partial charge in [-0.05, 0) is 19.4 Å². The number of hydrogen-bond donors (Lipinski definition) is 2. The summed E-state index contributed by atoms with van der Waals surface area (Å²) in [6, 6.07) is 0.316. The SMILES string of the molecule is NC(=O)OC[C@H]1CCCCN1. The van der Waals surface area contributed by atoms with Gasteiger partial charge in [-0.2, -0.15) is 0 Å². The molecule has 11 heavy (non-hydrogen) atoms. The Morgan fingerprint density at radius 3 is 3.00 bits per heavy atom. The summed E-state index contributed by atoms with van der Waals surface area (Å²) < 4.78 is 4.66. The third-order valence-electron chi connectivity index (χ3n) is 1.84. The minimum absolute atomic E-state index is 0.316. The highest BCUT2D eigenvalue weighted by Crippen LogP contribution is 2.06. The standard InChI is InChI=1S/C7H14N2O2/c8-7(10)11-5-6-3-1-2-4-9-6/h6,9H,1-5H2,(H2,8,10)/t6-/m1/s1. The van der Waals surface area contributed by atoms with Crippen LogP contribution >= 0.6 is 0 Å². The normalized spacial score (nSPS) is 24.5. The minimum atomic E-state index is -0.683. The zero-order valence-corrected chi connectivity index (χ0v) is 6.51. The van der Waals surface area contributed by atoms with Gasteiger partial charge in [0.05, 0.1) is 0 Å². The quantitative estimate of drug-likeness (QED) is 0.604. The maximum Gasteiger partial charge on any atom is 0.404 e. The van der Waals surface area contributed by atoms with Gasteiger partial charge in [-0.1, -0.05) is 6.42 Å². The summed E-state index contributed by atoms with van der Waals surface area (Å²) in [6.07, 6.45) is 2.82. The summed E-state index contributed by atoms with van der Waals surface area (Å²) in [7, 11) is 0. The average molecular weight is 158 g/mol. The van der Waals surface area contributed by atoms with Crippen molar-refractivity contribution < 1.29 is 9.53 Å². The van der Waals surface area contributed by atoms with Gasteiger partial charge in [0.1, 0.15) is 6.61 Å². The van der Waals surface area contributed by atoms with E-state index in [0.717, 1.165) is 13.0 Å². The first-order valence-corrected chi connectivity index (χ1v) is 3.94. The molecule has 1 rings (SSSR count). The summed E-state index contributed by atoms with van der Waals surface area (Å²) in [5.74, 6) is 0. The molecule has 1 atom stereocenters. The first-order valence-electron chi connectivity index (χ1n) is 3.94. The number of carbonyl (C=O) groups is 1. The third kappa shape index (κ3) is 3.23. The molecule has 0 aromatic rings. The van der Waals surface area contributed by atoms with Crippen molar-refractivity contribution in [1.29, 1.82) is 0 Å². The lowest BCUT2D eigenvalue weighted by Crippen LogP contribution is -2.38. The van der Waals surface area contributed by atoms with Crippen molar-refractivity contribution >= 4 is 6.09 Å². The maximum absolute atomic E-state index is 10.2. The summed E-state index contributed by atoms with van der Waals surface area (Å²) >= 11 is 0. The van der Waals surface area contributed by atoms with E-state index in [4.69, 9.17) is 5.73 Å². The molecule has 0 radical (unpaired) electrons. The van der Waals surface area contributed by atoms with Crippen LogP contribution in [0.3, 0.4) is 0 Å². The van der Waals surface area contributed by atoms with Crippen molar-refractivity contribution in [3.05, 3.63) is 0 Å². The average Bonchev–Trinajstić information content (AvgIpc) is 2.03. The molecular formula is C7H14N2O2. The van der Waals surface area contributed by atoms with Gasteiger partial charge in [0, 0.05) is 6.04 Å². The number of hydrogen-bond acceptors (Lipinski definition) is 3. The molecule has 0 bridgehead atoms. The van der Waals surface area contributed by atoms with Gasteiger partial charge in [0.2, 0.25) is 0 Å². The Balaban J connectivity index is 2.09. The lowest BCUT2D eigenvalue weighted by Gasteiger charge is -2.22. The number of rotatable bonds is 2. The van der Waals surface area contributed by atoms with Crippen molar-refractivity contribution in [1.82, 2.24) is 5.32 Å². The molecule has 3 N–H and O–H groups in total. The van der Waals surface area contributed by atoms with E-state index in [1.807, 2.05) is 0 Å². The molecule has 1 heterocycles. The molecule has 0 aromatic carbocycles. The molecule has 1 amide bonds. The molecular weight excluding hydrogens is 144 g/mol. The van der Waals surface area contributed by atoms with Crippen LogP contribution in [0.15, 0.2) is 0 Å². The maximum atomic E-state index is 10.2. The van der Waals surface area contributed by atoms with Crippen LogP contribution in [-0.4, -0.2) is 25.3 Å². The van der Waals surface area contributed by atoms with E-state index in [1.165, 1.54) is 12.8 Å². The number of amides is 1. The van der Waals surface area contributed by atoms with E-state index in [1.54, 1.807) is 0 Å². The van der Waals surface area contributed by atoms with E-state index in [0.29, 0.717) is 12.6 Å². The number of nitrogens with two attached hydrogens (primary N) is 1. The first-order chi connectivity index (χ1) is 5.29. The molecule has 0 aromatic heterocycles. The fourth-order valence-electron chi connectivity index (χ4n) is 1.25. The van der Waals surface area contributed by atoms with E-state index >= 15 is 0 Å². The second-order valence-electron chi connectivity index (χ2n) is 2.78. The largest absolute Gasteiger partial charge is 0.448 e. The van der Waals surface area contributed by atoms with Crippen molar-refractivity contribution in [2.24, 2.45) is 5.73 Å². The van der Waals surface area contributed by atoms with Crippen LogP contribution in [0.1, 0.15) is 19.3 Å². The highest BCUT2D eigenvalue weighted by Gasteiger charge is 2.13. The second kappa shape index (κ2) is 4.18. The number of nitrogens with one attached hydrogen (secondary N) is 1. The van der Waals surface area contributed by atoms with Crippen molar-refractivity contribution in [2.45, 2.75) is 25.3 Å². The van der Waals surface area contributed by atoms with Crippen LogP contribution in [0.5, 0.6) is 0 Å². The molecule has 0 saturated carbocycles. The van der Waals surface area contributed by atoms with Gasteiger partial charge in [0.25, 0.3) is 0 Å². The summed E-state index contributed by atoms with van der Waals surface area (Å²) in [5.41, 5.74) is 4.82. The molecule has 4 nitrogen and oxygen atoms in total. The van der Waals surface area contributed by atoms with Gasteiger partial charge in [-0.3, -0.25) is 0 Å². The van der Waals surface area contributed by atoms with Gasteiger partial charge in [-0.25, -0.2) is 4.79 Å². The van der Waals surface area contributed by atoms with Crippen LogP contribution < -0.4 is 11.1 Å². The van der Waals surface area contributed by atoms with E-state index in [-0.39, 0.29) is 0 Å². The zero-order valence-electron chi connectivity index (χ0n) is 6.51. The van der Waals surface area contributed by atoms with Crippen LogP contribution in [0, 0.1) is 0 Å². The lowest BCUT2D eigenvalue weighted by molar-refractivity contribution is 0.137. The Hall–Kier alpha value is -0.770. The lowest BCUT2D eigenvalue weighted by atomic mass is 10.1. The highest BCUT2D eigenvalue weighted by molar-refractivity contribution is 5.64. The molecule has 4 heteroatoms. The fraction of sp³-hybridized carbons (Fsp3) is 0.857. The zero-order chi connectivity index (χ0) is 8.10. The monoisotopic (exact) mass is 158 g/mol. The molecule has 0 unspecified atom stereocenters. The van der Waals surface area contributed by atoms with E-state index < -0.39 is 6.09 Å². The number of ether oxygens (including phenoxy) is 1. The molecule has 1 aliphatic heterocycles. The number of carbonyl (C=O) groups excluding carboxylic acids is 1. The Kier molecular flexibility index (Phi) is 3.16. The predicted molar refractivity (Wildman–Crippen MR) is 41.2 cm³/mol. The second-order valence-corrected chi connectivity index (χ2v) is 2.78. The van der Waals surface area contributed by atoms with Gasteiger partial charge >= 0.3 is 6.09 Å². The number of piperidine rings is 1. The molecule has 1 aliphatic rings. The van der Waals surface area contributed by atoms with Crippen LogP contribution in [0.2, 0.25) is 0 Å². The van der Waals surface area contributed by atoms with Crippen LogP contribution in [-0.2, 0) is 4.74 Å². The Bertz CT molecular complexity index is 132. The Labute approximate surface area is 66.1 Å².